The first-order valence-electron chi connectivity index (χ1n) is 7.97. The molecule has 0 amide bonds. The van der Waals surface area contributed by atoms with Crippen LogP contribution in [0.3, 0.4) is 0 Å². The number of nitrogens with zero attached hydrogens (tertiary/aromatic N) is 3. The molecular formula is C16H27N3O3S. The molecule has 1 saturated heterocycles. The monoisotopic (exact) mass is 341 g/mol. The van der Waals surface area contributed by atoms with Crippen LogP contribution in [0.2, 0.25) is 0 Å². The number of hydrogen-bond acceptors (Lipinski definition) is 4. The molecule has 0 radical (unpaired) electrons. The zero-order chi connectivity index (χ0) is 17.0. The highest BCUT2D eigenvalue weighted by atomic mass is 32.2. The maximum Gasteiger partial charge on any atom is 0.282 e. The first-order chi connectivity index (χ1) is 10.8. The second-order valence-electron chi connectivity index (χ2n) is 6.36. The van der Waals surface area contributed by atoms with Gasteiger partial charge in [0, 0.05) is 32.9 Å². The number of ether oxygens (including phenoxy) is 1. The van der Waals surface area contributed by atoms with Crippen molar-refractivity contribution in [1.29, 1.82) is 0 Å². The molecule has 1 unspecified atom stereocenters. The summed E-state index contributed by atoms with van der Waals surface area (Å²) in [5.74, 6) is 0.274. The third-order valence-corrected chi connectivity index (χ3v) is 6.04. The van der Waals surface area contributed by atoms with Gasteiger partial charge in [-0.1, -0.05) is 0 Å². The smallest absolute Gasteiger partial charge is 0.282 e. The lowest BCUT2D eigenvalue weighted by Crippen LogP contribution is -2.47. The number of rotatable bonds is 6. The van der Waals surface area contributed by atoms with Gasteiger partial charge < -0.3 is 4.74 Å². The van der Waals surface area contributed by atoms with Crippen molar-refractivity contribution in [3.05, 3.63) is 29.1 Å². The minimum atomic E-state index is -3.47. The second kappa shape index (κ2) is 7.70. The van der Waals surface area contributed by atoms with Crippen molar-refractivity contribution in [2.24, 2.45) is 5.92 Å². The molecule has 1 fully saturated rings. The molecule has 0 aliphatic carbocycles. The van der Waals surface area contributed by atoms with Crippen LogP contribution in [0.5, 0.6) is 0 Å². The Morgan fingerprint density at radius 2 is 2.13 bits per heavy atom. The molecule has 2 heterocycles. The molecule has 0 N–H and O–H groups in total. The van der Waals surface area contributed by atoms with E-state index in [1.807, 2.05) is 26.0 Å². The maximum absolute atomic E-state index is 12.8. The van der Waals surface area contributed by atoms with E-state index in [2.05, 4.69) is 4.98 Å². The van der Waals surface area contributed by atoms with Gasteiger partial charge in [0.15, 0.2) is 0 Å². The van der Waals surface area contributed by atoms with Gasteiger partial charge in [0.25, 0.3) is 10.2 Å². The minimum Gasteiger partial charge on any atom is -0.384 e. The molecule has 23 heavy (non-hydrogen) atoms. The molecule has 1 aliphatic rings. The Labute approximate surface area is 139 Å². The Hall–Kier alpha value is -1.02. The summed E-state index contributed by atoms with van der Waals surface area (Å²) in [7, 11) is -0.188. The third kappa shape index (κ3) is 4.73. The predicted molar refractivity (Wildman–Crippen MR) is 90.3 cm³/mol. The lowest BCUT2D eigenvalue weighted by Gasteiger charge is -2.34. The Bertz CT molecular complexity index is 611. The van der Waals surface area contributed by atoms with Crippen LogP contribution in [0, 0.1) is 19.8 Å². The van der Waals surface area contributed by atoms with Gasteiger partial charge in [-0.05, 0) is 50.3 Å². The fourth-order valence-corrected chi connectivity index (χ4v) is 4.57. The van der Waals surface area contributed by atoms with Gasteiger partial charge in [-0.15, -0.1) is 0 Å². The molecule has 1 aromatic heterocycles. The van der Waals surface area contributed by atoms with E-state index < -0.39 is 10.2 Å². The lowest BCUT2D eigenvalue weighted by molar-refractivity contribution is 0.116. The van der Waals surface area contributed by atoms with E-state index in [0.717, 1.165) is 29.8 Å². The van der Waals surface area contributed by atoms with Crippen LogP contribution in [0.4, 0.5) is 0 Å². The summed E-state index contributed by atoms with van der Waals surface area (Å²) in [6.07, 6.45) is 1.89. The number of pyridine rings is 1. The lowest BCUT2D eigenvalue weighted by atomic mass is 10.0. The zero-order valence-corrected chi connectivity index (χ0v) is 15.3. The topological polar surface area (TPSA) is 62.7 Å². The van der Waals surface area contributed by atoms with Gasteiger partial charge in [0.2, 0.25) is 0 Å². The molecule has 7 heteroatoms. The minimum absolute atomic E-state index is 0.274. The van der Waals surface area contributed by atoms with Gasteiger partial charge >= 0.3 is 0 Å². The van der Waals surface area contributed by atoms with E-state index in [0.29, 0.717) is 19.7 Å². The van der Waals surface area contributed by atoms with Crippen molar-refractivity contribution in [2.45, 2.75) is 33.2 Å². The summed E-state index contributed by atoms with van der Waals surface area (Å²) in [5, 5.41) is 0. The normalized spacial score (nSPS) is 20.1. The summed E-state index contributed by atoms with van der Waals surface area (Å²) in [6.45, 7) is 5.91. The molecule has 1 aromatic rings. The SMILES string of the molecule is COCC1CCCN(S(=O)(=O)N(C)Cc2cc(C)cc(C)n2)C1. The molecule has 0 saturated carbocycles. The Balaban J connectivity index is 2.08. The zero-order valence-electron chi connectivity index (χ0n) is 14.4. The van der Waals surface area contributed by atoms with Crippen molar-refractivity contribution in [3.8, 4) is 0 Å². The van der Waals surface area contributed by atoms with Gasteiger partial charge in [-0.3, -0.25) is 4.98 Å². The van der Waals surface area contributed by atoms with E-state index in [9.17, 15) is 8.42 Å². The van der Waals surface area contributed by atoms with Crippen molar-refractivity contribution in [2.75, 3.05) is 33.9 Å². The van der Waals surface area contributed by atoms with Gasteiger partial charge in [-0.2, -0.15) is 17.0 Å². The Kier molecular flexibility index (Phi) is 6.13. The van der Waals surface area contributed by atoms with E-state index in [1.54, 1.807) is 18.5 Å². The quantitative estimate of drug-likeness (QED) is 0.790. The first-order valence-corrected chi connectivity index (χ1v) is 9.37. The van der Waals surface area contributed by atoms with E-state index in [-0.39, 0.29) is 12.5 Å². The molecular weight excluding hydrogens is 314 g/mol. The predicted octanol–water partition coefficient (Wildman–Crippen LogP) is 1.73. The maximum atomic E-state index is 12.8. The molecule has 1 atom stereocenters. The van der Waals surface area contributed by atoms with Crippen LogP contribution in [-0.4, -0.2) is 55.9 Å². The summed E-state index contributed by atoms with van der Waals surface area (Å²) in [6, 6.07) is 3.92. The third-order valence-electron chi connectivity index (χ3n) is 4.14. The summed E-state index contributed by atoms with van der Waals surface area (Å²) >= 11 is 0. The fraction of sp³-hybridized carbons (Fsp3) is 0.688. The molecule has 0 spiro atoms. The average molecular weight is 341 g/mol. The summed E-state index contributed by atoms with van der Waals surface area (Å²) < 4.78 is 33.7. The summed E-state index contributed by atoms with van der Waals surface area (Å²) in [5.41, 5.74) is 2.78. The highest BCUT2D eigenvalue weighted by molar-refractivity contribution is 7.86. The standard InChI is InChI=1S/C16H27N3O3S/c1-13-8-14(2)17-16(9-13)11-18(3)23(20,21)19-7-5-6-15(10-19)12-22-4/h8-9,15H,5-7,10-12H2,1-4H3. The van der Waals surface area contributed by atoms with Crippen LogP contribution in [-0.2, 0) is 21.5 Å². The van der Waals surface area contributed by atoms with E-state index in [4.69, 9.17) is 4.74 Å². The van der Waals surface area contributed by atoms with Crippen LogP contribution >= 0.6 is 0 Å². The highest BCUT2D eigenvalue weighted by Gasteiger charge is 2.32. The summed E-state index contributed by atoms with van der Waals surface area (Å²) in [4.78, 5) is 4.43. The molecule has 130 valence electrons. The average Bonchev–Trinajstić information content (AvgIpc) is 2.46. The number of methoxy groups -OCH3 is 1. The van der Waals surface area contributed by atoms with Crippen molar-refractivity contribution in [3.63, 3.8) is 0 Å². The molecule has 1 aliphatic heterocycles. The van der Waals surface area contributed by atoms with Gasteiger partial charge in [0.1, 0.15) is 0 Å². The van der Waals surface area contributed by atoms with E-state index >= 15 is 0 Å². The second-order valence-corrected chi connectivity index (χ2v) is 8.40. The number of aromatic nitrogens is 1. The number of hydrogen-bond donors (Lipinski definition) is 0. The van der Waals surface area contributed by atoms with Gasteiger partial charge in [-0.25, -0.2) is 0 Å². The highest BCUT2D eigenvalue weighted by Crippen LogP contribution is 2.21. The Morgan fingerprint density at radius 1 is 1.39 bits per heavy atom. The van der Waals surface area contributed by atoms with Crippen molar-refractivity contribution < 1.29 is 13.2 Å². The number of piperidine rings is 1. The van der Waals surface area contributed by atoms with Crippen molar-refractivity contribution in [1.82, 2.24) is 13.6 Å². The van der Waals surface area contributed by atoms with E-state index in [1.165, 1.54) is 4.31 Å². The molecule has 6 nitrogen and oxygen atoms in total. The molecule has 0 bridgehead atoms. The largest absolute Gasteiger partial charge is 0.384 e. The van der Waals surface area contributed by atoms with Crippen LogP contribution in [0.25, 0.3) is 0 Å². The number of aryl methyl sites for hydroxylation is 2. The first kappa shape index (κ1) is 18.3. The van der Waals surface area contributed by atoms with Crippen LogP contribution in [0.15, 0.2) is 12.1 Å². The van der Waals surface area contributed by atoms with Gasteiger partial charge in [0.05, 0.1) is 18.8 Å². The molecule has 2 rings (SSSR count). The van der Waals surface area contributed by atoms with Crippen LogP contribution < -0.4 is 0 Å². The van der Waals surface area contributed by atoms with Crippen LogP contribution in [0.1, 0.15) is 29.8 Å². The van der Waals surface area contributed by atoms with Crippen molar-refractivity contribution >= 4 is 10.2 Å². The fourth-order valence-electron chi connectivity index (χ4n) is 3.12. The Morgan fingerprint density at radius 3 is 2.78 bits per heavy atom. The molecule has 0 aromatic carbocycles.